The molecule has 2 aromatic carbocycles. The van der Waals surface area contributed by atoms with Crippen LogP contribution in [-0.4, -0.2) is 16.8 Å². The van der Waals surface area contributed by atoms with E-state index in [0.29, 0.717) is 21.6 Å². The number of ether oxygens (including phenoxy) is 1. The van der Waals surface area contributed by atoms with Crippen molar-refractivity contribution in [2.75, 3.05) is 11.5 Å². The van der Waals surface area contributed by atoms with Crippen LogP contribution in [0, 0.1) is 0 Å². The van der Waals surface area contributed by atoms with E-state index in [1.54, 1.807) is 11.0 Å². The third-order valence-electron chi connectivity index (χ3n) is 3.47. The maximum atomic E-state index is 12.8. The standard InChI is InChI=1S/C19H13Br2NO2S2/c1-2-8-24-17-14(20)9-12(10-15(17)21)11-16-18(23)22(19(25)26-16)13-6-4-3-5-7-13/h2-7,9-11H,1,8H2/b16-11-. The van der Waals surface area contributed by atoms with Crippen molar-refractivity contribution in [3.05, 3.63) is 74.5 Å². The third kappa shape index (κ3) is 4.11. The van der Waals surface area contributed by atoms with Gasteiger partial charge in [0.2, 0.25) is 0 Å². The lowest BCUT2D eigenvalue weighted by Gasteiger charge is -2.13. The summed E-state index contributed by atoms with van der Waals surface area (Å²) in [6.07, 6.45) is 3.51. The number of rotatable bonds is 5. The van der Waals surface area contributed by atoms with E-state index in [1.807, 2.05) is 48.5 Å². The molecule has 7 heteroatoms. The van der Waals surface area contributed by atoms with Gasteiger partial charge in [-0.25, -0.2) is 0 Å². The number of hydrogen-bond acceptors (Lipinski definition) is 4. The summed E-state index contributed by atoms with van der Waals surface area (Å²) in [5.74, 6) is 0.573. The summed E-state index contributed by atoms with van der Waals surface area (Å²) in [6.45, 7) is 4.06. The van der Waals surface area contributed by atoms with Gasteiger partial charge in [0.25, 0.3) is 5.91 Å². The lowest BCUT2D eigenvalue weighted by molar-refractivity contribution is -0.113. The molecular weight excluding hydrogens is 498 g/mol. The van der Waals surface area contributed by atoms with E-state index >= 15 is 0 Å². The number of nitrogens with zero attached hydrogens (tertiary/aromatic N) is 1. The Kier molecular flexibility index (Phi) is 6.34. The monoisotopic (exact) mass is 509 g/mol. The van der Waals surface area contributed by atoms with Crippen LogP contribution in [0.1, 0.15) is 5.56 Å². The third-order valence-corrected chi connectivity index (χ3v) is 5.95. The highest BCUT2D eigenvalue weighted by Crippen LogP contribution is 2.39. The second-order valence-electron chi connectivity index (χ2n) is 5.27. The molecular formula is C19H13Br2NO2S2. The molecule has 1 aliphatic heterocycles. The Hall–Kier alpha value is -1.41. The predicted octanol–water partition coefficient (Wildman–Crippen LogP) is 6.18. The molecule has 1 fully saturated rings. The van der Waals surface area contributed by atoms with E-state index in [2.05, 4.69) is 38.4 Å². The molecule has 0 spiro atoms. The number of para-hydroxylation sites is 1. The molecule has 3 nitrogen and oxygen atoms in total. The van der Waals surface area contributed by atoms with Crippen molar-refractivity contribution in [1.29, 1.82) is 0 Å². The molecule has 0 bridgehead atoms. The number of thiocarbonyl (C=S) groups is 1. The van der Waals surface area contributed by atoms with Gasteiger partial charge in [-0.2, -0.15) is 0 Å². The number of benzene rings is 2. The molecule has 1 aliphatic rings. The maximum Gasteiger partial charge on any atom is 0.270 e. The summed E-state index contributed by atoms with van der Waals surface area (Å²) in [5.41, 5.74) is 1.64. The zero-order valence-corrected chi connectivity index (χ0v) is 18.3. The first kappa shape index (κ1) is 19.4. The Morgan fingerprint density at radius 3 is 2.46 bits per heavy atom. The molecule has 1 saturated heterocycles. The summed E-state index contributed by atoms with van der Waals surface area (Å²) >= 11 is 13.7. The lowest BCUT2D eigenvalue weighted by atomic mass is 10.2. The zero-order valence-electron chi connectivity index (χ0n) is 13.4. The smallest absolute Gasteiger partial charge is 0.270 e. The first-order valence-corrected chi connectivity index (χ1v) is 10.4. The second kappa shape index (κ2) is 8.52. The Morgan fingerprint density at radius 1 is 1.19 bits per heavy atom. The molecule has 26 heavy (non-hydrogen) atoms. The number of halogens is 2. The number of anilines is 1. The highest BCUT2D eigenvalue weighted by Gasteiger charge is 2.33. The first-order valence-electron chi connectivity index (χ1n) is 7.57. The lowest BCUT2D eigenvalue weighted by Crippen LogP contribution is -2.27. The quantitative estimate of drug-likeness (QED) is 0.273. The predicted molar refractivity (Wildman–Crippen MR) is 120 cm³/mol. The summed E-state index contributed by atoms with van der Waals surface area (Å²) < 4.78 is 7.73. The van der Waals surface area contributed by atoms with E-state index in [-0.39, 0.29) is 5.91 Å². The van der Waals surface area contributed by atoms with Crippen LogP contribution >= 0.6 is 55.8 Å². The van der Waals surface area contributed by atoms with Gasteiger partial charge < -0.3 is 4.74 Å². The van der Waals surface area contributed by atoms with E-state index < -0.39 is 0 Å². The van der Waals surface area contributed by atoms with Crippen LogP contribution in [0.2, 0.25) is 0 Å². The van der Waals surface area contributed by atoms with Crippen molar-refractivity contribution in [2.45, 2.75) is 0 Å². The highest BCUT2D eigenvalue weighted by atomic mass is 79.9. The van der Waals surface area contributed by atoms with Crippen LogP contribution in [0.15, 0.2) is 69.0 Å². The van der Waals surface area contributed by atoms with Crippen LogP contribution in [0.3, 0.4) is 0 Å². The van der Waals surface area contributed by atoms with Crippen LogP contribution < -0.4 is 9.64 Å². The molecule has 132 valence electrons. The molecule has 0 saturated carbocycles. The molecule has 0 radical (unpaired) electrons. The Balaban J connectivity index is 1.90. The second-order valence-corrected chi connectivity index (χ2v) is 8.65. The van der Waals surface area contributed by atoms with Gasteiger partial charge in [-0.3, -0.25) is 9.69 Å². The van der Waals surface area contributed by atoms with Crippen molar-refractivity contribution in [3.8, 4) is 5.75 Å². The topological polar surface area (TPSA) is 29.5 Å². The zero-order chi connectivity index (χ0) is 18.7. The van der Waals surface area contributed by atoms with Gasteiger partial charge in [-0.15, -0.1) is 0 Å². The Labute approximate surface area is 178 Å². The van der Waals surface area contributed by atoms with Gasteiger partial charge in [-0.1, -0.05) is 54.8 Å². The van der Waals surface area contributed by atoms with Gasteiger partial charge in [0.15, 0.2) is 4.32 Å². The summed E-state index contributed by atoms with van der Waals surface area (Å²) in [5, 5.41) is 0. The van der Waals surface area contributed by atoms with Gasteiger partial charge in [0.05, 0.1) is 19.5 Å². The first-order chi connectivity index (χ1) is 12.5. The molecule has 3 rings (SSSR count). The van der Waals surface area contributed by atoms with Gasteiger partial charge in [-0.05, 0) is 67.8 Å². The Morgan fingerprint density at radius 2 is 1.85 bits per heavy atom. The minimum atomic E-state index is -0.120. The van der Waals surface area contributed by atoms with E-state index in [1.165, 1.54) is 11.8 Å². The molecule has 0 aliphatic carbocycles. The minimum Gasteiger partial charge on any atom is -0.487 e. The summed E-state index contributed by atoms with van der Waals surface area (Å²) in [4.78, 5) is 14.9. The normalized spacial score (nSPS) is 15.6. The van der Waals surface area contributed by atoms with E-state index in [0.717, 1.165) is 20.2 Å². The van der Waals surface area contributed by atoms with Crippen molar-refractivity contribution in [2.24, 2.45) is 0 Å². The van der Waals surface area contributed by atoms with Crippen LogP contribution in [0.25, 0.3) is 6.08 Å². The largest absolute Gasteiger partial charge is 0.487 e. The molecule has 0 atom stereocenters. The van der Waals surface area contributed by atoms with Crippen LogP contribution in [0.5, 0.6) is 5.75 Å². The van der Waals surface area contributed by atoms with E-state index in [4.69, 9.17) is 17.0 Å². The molecule has 1 heterocycles. The van der Waals surface area contributed by atoms with Gasteiger partial charge in [0, 0.05) is 0 Å². The van der Waals surface area contributed by atoms with Crippen molar-refractivity contribution < 1.29 is 9.53 Å². The number of thioether (sulfide) groups is 1. The number of carbonyl (C=O) groups excluding carboxylic acids is 1. The molecule has 0 aromatic heterocycles. The van der Waals surface area contributed by atoms with Crippen molar-refractivity contribution in [1.82, 2.24) is 0 Å². The average Bonchev–Trinajstić information content (AvgIpc) is 2.88. The van der Waals surface area contributed by atoms with Crippen molar-refractivity contribution in [3.63, 3.8) is 0 Å². The highest BCUT2D eigenvalue weighted by molar-refractivity contribution is 9.11. The van der Waals surface area contributed by atoms with Gasteiger partial charge in [0.1, 0.15) is 12.4 Å². The molecule has 1 amide bonds. The Bertz CT molecular complexity index is 890. The fourth-order valence-electron chi connectivity index (χ4n) is 2.36. The average molecular weight is 511 g/mol. The van der Waals surface area contributed by atoms with Gasteiger partial charge >= 0.3 is 0 Å². The fraction of sp³-hybridized carbons (Fsp3) is 0.0526. The number of amides is 1. The van der Waals surface area contributed by atoms with E-state index in [9.17, 15) is 4.79 Å². The number of hydrogen-bond donors (Lipinski definition) is 0. The summed E-state index contributed by atoms with van der Waals surface area (Å²) in [7, 11) is 0. The summed E-state index contributed by atoms with van der Waals surface area (Å²) in [6, 6.07) is 13.2. The minimum absolute atomic E-state index is 0.120. The maximum absolute atomic E-state index is 12.8. The fourth-order valence-corrected chi connectivity index (χ4v) is 5.11. The molecule has 0 unspecified atom stereocenters. The van der Waals surface area contributed by atoms with Crippen molar-refractivity contribution >= 4 is 77.8 Å². The van der Waals surface area contributed by atoms with Crippen LogP contribution in [0.4, 0.5) is 5.69 Å². The SMILES string of the molecule is C=CCOc1c(Br)cc(/C=C2\SC(=S)N(c3ccccc3)C2=O)cc1Br. The molecule has 0 N–H and O–H groups in total. The van der Waals surface area contributed by atoms with Crippen LogP contribution in [-0.2, 0) is 4.79 Å². The number of carbonyl (C=O) groups is 1. The molecule has 2 aromatic rings.